The van der Waals surface area contributed by atoms with Crippen molar-refractivity contribution < 1.29 is 13.9 Å². The lowest BCUT2D eigenvalue weighted by atomic mass is 10.1. The third-order valence-corrected chi connectivity index (χ3v) is 4.08. The van der Waals surface area contributed by atoms with Crippen LogP contribution < -0.4 is 10.1 Å². The highest BCUT2D eigenvalue weighted by atomic mass is 19.1. The number of nitrogens with one attached hydrogen (secondary N) is 1. The number of aliphatic imine (C=N–C) groups is 1. The SMILES string of the molecule is Fc1cc(C2=NCCCN2)ccc1OCCCN1CCOCC1. The van der Waals surface area contributed by atoms with Crippen molar-refractivity contribution in [3.05, 3.63) is 29.6 Å². The number of nitrogens with zero attached hydrogens (tertiary/aromatic N) is 2. The average molecular weight is 321 g/mol. The maximum atomic E-state index is 14.2. The normalized spacial score (nSPS) is 19.1. The Morgan fingerprint density at radius 3 is 2.91 bits per heavy atom. The van der Waals surface area contributed by atoms with Crippen molar-refractivity contribution in [3.63, 3.8) is 0 Å². The minimum absolute atomic E-state index is 0.312. The van der Waals surface area contributed by atoms with E-state index in [4.69, 9.17) is 9.47 Å². The first-order valence-electron chi connectivity index (χ1n) is 8.34. The summed E-state index contributed by atoms with van der Waals surface area (Å²) < 4.78 is 25.0. The number of hydrogen-bond acceptors (Lipinski definition) is 5. The molecule has 0 atom stereocenters. The van der Waals surface area contributed by atoms with Gasteiger partial charge in [-0.25, -0.2) is 4.39 Å². The maximum Gasteiger partial charge on any atom is 0.165 e. The fraction of sp³-hybridized carbons (Fsp3) is 0.588. The van der Waals surface area contributed by atoms with Gasteiger partial charge in [0.1, 0.15) is 5.84 Å². The molecule has 23 heavy (non-hydrogen) atoms. The van der Waals surface area contributed by atoms with Gasteiger partial charge in [0.2, 0.25) is 0 Å². The fourth-order valence-corrected chi connectivity index (χ4v) is 2.79. The van der Waals surface area contributed by atoms with Crippen molar-refractivity contribution in [1.29, 1.82) is 0 Å². The summed E-state index contributed by atoms with van der Waals surface area (Å²) in [7, 11) is 0. The van der Waals surface area contributed by atoms with Crippen LogP contribution in [0.1, 0.15) is 18.4 Å². The molecule has 126 valence electrons. The van der Waals surface area contributed by atoms with Crippen LogP contribution in [0.15, 0.2) is 23.2 Å². The molecule has 0 unspecified atom stereocenters. The summed E-state index contributed by atoms with van der Waals surface area (Å²) >= 11 is 0. The van der Waals surface area contributed by atoms with Crippen LogP contribution in [0.4, 0.5) is 4.39 Å². The van der Waals surface area contributed by atoms with Crippen molar-refractivity contribution in [3.8, 4) is 5.75 Å². The zero-order valence-electron chi connectivity index (χ0n) is 13.4. The minimum atomic E-state index is -0.330. The molecule has 0 spiro atoms. The second-order valence-electron chi connectivity index (χ2n) is 5.81. The van der Waals surface area contributed by atoms with Gasteiger partial charge in [0.05, 0.1) is 19.8 Å². The van der Waals surface area contributed by atoms with E-state index < -0.39 is 0 Å². The first-order valence-corrected chi connectivity index (χ1v) is 8.34. The lowest BCUT2D eigenvalue weighted by Crippen LogP contribution is -2.37. The number of hydrogen-bond donors (Lipinski definition) is 1. The molecule has 1 aromatic carbocycles. The molecule has 0 aliphatic carbocycles. The van der Waals surface area contributed by atoms with Crippen LogP contribution in [-0.2, 0) is 4.74 Å². The Kier molecular flexibility index (Phi) is 5.82. The summed E-state index contributed by atoms with van der Waals surface area (Å²) in [4.78, 5) is 6.73. The van der Waals surface area contributed by atoms with E-state index in [1.807, 2.05) is 6.07 Å². The molecule has 5 nitrogen and oxygen atoms in total. The fourth-order valence-electron chi connectivity index (χ4n) is 2.79. The van der Waals surface area contributed by atoms with Gasteiger partial charge in [-0.15, -0.1) is 0 Å². The lowest BCUT2D eigenvalue weighted by Gasteiger charge is -2.26. The quantitative estimate of drug-likeness (QED) is 0.810. The number of ether oxygens (including phenoxy) is 2. The highest BCUT2D eigenvalue weighted by molar-refractivity contribution is 5.99. The first kappa shape index (κ1) is 16.2. The van der Waals surface area contributed by atoms with Crippen LogP contribution in [0.2, 0.25) is 0 Å². The zero-order chi connectivity index (χ0) is 15.9. The monoisotopic (exact) mass is 321 g/mol. The molecular weight excluding hydrogens is 297 g/mol. The Hall–Kier alpha value is -1.66. The van der Waals surface area contributed by atoms with Crippen LogP contribution in [0, 0.1) is 5.82 Å². The summed E-state index contributed by atoms with van der Waals surface area (Å²) in [6, 6.07) is 5.05. The van der Waals surface area contributed by atoms with E-state index in [1.54, 1.807) is 6.07 Å². The van der Waals surface area contributed by atoms with Crippen LogP contribution >= 0.6 is 0 Å². The number of rotatable bonds is 6. The molecule has 2 aliphatic heterocycles. The molecular formula is C17H24FN3O2. The first-order chi connectivity index (χ1) is 11.3. The molecule has 2 heterocycles. The van der Waals surface area contributed by atoms with Crippen molar-refractivity contribution in [2.45, 2.75) is 12.8 Å². The maximum absolute atomic E-state index is 14.2. The molecule has 1 fully saturated rings. The molecule has 1 N–H and O–H groups in total. The Morgan fingerprint density at radius 2 is 2.17 bits per heavy atom. The summed E-state index contributed by atoms with van der Waals surface area (Å²) in [5.74, 6) is 0.755. The van der Waals surface area contributed by atoms with Gasteiger partial charge in [-0.05, 0) is 31.0 Å². The van der Waals surface area contributed by atoms with Gasteiger partial charge in [0.25, 0.3) is 0 Å². The summed E-state index contributed by atoms with van der Waals surface area (Å²) in [5.41, 5.74) is 0.780. The van der Waals surface area contributed by atoms with Gasteiger partial charge in [-0.3, -0.25) is 9.89 Å². The Labute approximate surface area is 136 Å². The van der Waals surface area contributed by atoms with E-state index >= 15 is 0 Å². The van der Waals surface area contributed by atoms with E-state index in [-0.39, 0.29) is 5.82 Å². The smallest absolute Gasteiger partial charge is 0.165 e. The standard InChI is InChI=1S/C17H24FN3O2/c18-15-13-14(17-19-5-1-6-20-17)3-4-16(15)23-10-2-7-21-8-11-22-12-9-21/h3-4,13H,1-2,5-12H2,(H,19,20). The molecule has 0 amide bonds. The summed E-state index contributed by atoms with van der Waals surface area (Å²) in [5, 5.41) is 3.20. The number of amidine groups is 1. The van der Waals surface area contributed by atoms with Crippen LogP contribution in [-0.4, -0.2) is 63.3 Å². The molecule has 0 radical (unpaired) electrons. The van der Waals surface area contributed by atoms with Crippen molar-refractivity contribution >= 4 is 5.84 Å². The third-order valence-electron chi connectivity index (χ3n) is 4.08. The molecule has 0 bridgehead atoms. The molecule has 0 saturated carbocycles. The largest absolute Gasteiger partial charge is 0.490 e. The second-order valence-corrected chi connectivity index (χ2v) is 5.81. The molecule has 3 rings (SSSR count). The minimum Gasteiger partial charge on any atom is -0.490 e. The highest BCUT2D eigenvalue weighted by Crippen LogP contribution is 2.19. The van der Waals surface area contributed by atoms with Gasteiger partial charge in [-0.1, -0.05) is 0 Å². The van der Waals surface area contributed by atoms with Gasteiger partial charge in [-0.2, -0.15) is 0 Å². The van der Waals surface area contributed by atoms with E-state index in [0.717, 1.165) is 70.2 Å². The molecule has 0 aromatic heterocycles. The van der Waals surface area contributed by atoms with Crippen LogP contribution in [0.3, 0.4) is 0 Å². The topological polar surface area (TPSA) is 46.1 Å². The molecule has 1 saturated heterocycles. The Bertz CT molecular complexity index is 545. The van der Waals surface area contributed by atoms with Gasteiger partial charge >= 0.3 is 0 Å². The zero-order valence-corrected chi connectivity index (χ0v) is 13.4. The predicted molar refractivity (Wildman–Crippen MR) is 87.8 cm³/mol. The van der Waals surface area contributed by atoms with E-state index in [2.05, 4.69) is 15.2 Å². The van der Waals surface area contributed by atoms with E-state index in [0.29, 0.717) is 12.4 Å². The number of benzene rings is 1. The molecule has 1 aromatic rings. The molecule has 2 aliphatic rings. The van der Waals surface area contributed by atoms with Gasteiger partial charge in [0.15, 0.2) is 11.6 Å². The summed E-state index contributed by atoms with van der Waals surface area (Å²) in [6.45, 7) is 6.71. The van der Waals surface area contributed by atoms with Crippen molar-refractivity contribution in [2.24, 2.45) is 4.99 Å². The Morgan fingerprint density at radius 1 is 1.30 bits per heavy atom. The van der Waals surface area contributed by atoms with E-state index in [9.17, 15) is 4.39 Å². The predicted octanol–water partition coefficient (Wildman–Crippen LogP) is 1.67. The number of morpholine rings is 1. The van der Waals surface area contributed by atoms with Gasteiger partial charge in [0, 0.05) is 38.3 Å². The summed E-state index contributed by atoms with van der Waals surface area (Å²) in [6.07, 6.45) is 1.91. The number of halogens is 1. The van der Waals surface area contributed by atoms with Crippen LogP contribution in [0.25, 0.3) is 0 Å². The van der Waals surface area contributed by atoms with Gasteiger partial charge < -0.3 is 14.8 Å². The second kappa shape index (κ2) is 8.26. The van der Waals surface area contributed by atoms with Crippen LogP contribution in [0.5, 0.6) is 5.75 Å². The van der Waals surface area contributed by atoms with E-state index in [1.165, 1.54) is 6.07 Å². The third kappa shape index (κ3) is 4.65. The Balaban J connectivity index is 1.47. The highest BCUT2D eigenvalue weighted by Gasteiger charge is 2.12. The average Bonchev–Trinajstić information content (AvgIpc) is 2.61. The molecule has 6 heteroatoms. The van der Waals surface area contributed by atoms with Crippen molar-refractivity contribution in [2.75, 3.05) is 52.5 Å². The van der Waals surface area contributed by atoms with Crippen molar-refractivity contribution in [1.82, 2.24) is 10.2 Å². The lowest BCUT2D eigenvalue weighted by molar-refractivity contribution is 0.0357.